The van der Waals surface area contributed by atoms with Gasteiger partial charge in [0, 0.05) is 24.4 Å². The summed E-state index contributed by atoms with van der Waals surface area (Å²) in [4.78, 5) is 62.4. The summed E-state index contributed by atoms with van der Waals surface area (Å²) in [6, 6.07) is 6.40. The van der Waals surface area contributed by atoms with Crippen LogP contribution in [0.5, 0.6) is 11.6 Å². The van der Waals surface area contributed by atoms with Crippen LogP contribution in [0.4, 0.5) is 0 Å². The number of carbonyl (C=O) groups is 4. The molecule has 1 aromatic heterocycles. The molecule has 53 heavy (non-hydrogen) atoms. The Kier molecular flexibility index (Phi) is 11.0. The van der Waals surface area contributed by atoms with Crippen molar-refractivity contribution in [2.45, 2.75) is 115 Å². The van der Waals surface area contributed by atoms with Crippen LogP contribution in [0.2, 0.25) is 0 Å². The van der Waals surface area contributed by atoms with Crippen LogP contribution in [0.15, 0.2) is 42.6 Å². The molecule has 1 aromatic carbocycles. The van der Waals surface area contributed by atoms with Crippen molar-refractivity contribution in [1.82, 2.24) is 14.6 Å². The molecular formula is C40H53N3O9S. The Morgan fingerprint density at radius 1 is 1.08 bits per heavy atom. The van der Waals surface area contributed by atoms with E-state index in [2.05, 4.69) is 16.6 Å². The van der Waals surface area contributed by atoms with Gasteiger partial charge in [0.2, 0.25) is 27.7 Å². The van der Waals surface area contributed by atoms with Gasteiger partial charge in [-0.3, -0.25) is 23.9 Å². The Labute approximate surface area is 312 Å². The highest BCUT2D eigenvalue weighted by Crippen LogP contribution is 2.57. The van der Waals surface area contributed by atoms with Crippen LogP contribution in [0.1, 0.15) is 92.4 Å². The maximum atomic E-state index is 14.8. The number of ether oxygens (including phenoxy) is 3. The molecule has 2 amide bonds. The van der Waals surface area contributed by atoms with Gasteiger partial charge < -0.3 is 19.1 Å². The fourth-order valence-corrected chi connectivity index (χ4v) is 9.44. The molecule has 1 N–H and O–H groups in total. The summed E-state index contributed by atoms with van der Waals surface area (Å²) in [5.41, 5.74) is -1.99. The SMILES string of the molecule is COc1ccc2c(O[C@@H]3C[C@H]4C(=O)C[C@]5(C(=O)NS(=O)(=O)C6CC6)C[C@H]5/C=C\CC[C@@H](C)C[C@@H](C)[C@H](CC(=O)OC(C)(C)C)C(=O)N4C3)nccc2c1. The van der Waals surface area contributed by atoms with E-state index in [4.69, 9.17) is 14.2 Å². The Bertz CT molecular complexity index is 1880. The third-order valence-corrected chi connectivity index (χ3v) is 13.0. The average molecular weight is 752 g/mol. The number of methoxy groups -OCH3 is 1. The minimum atomic E-state index is -3.85. The van der Waals surface area contributed by atoms with Crippen molar-refractivity contribution in [3.8, 4) is 11.6 Å². The van der Waals surface area contributed by atoms with Gasteiger partial charge >= 0.3 is 5.97 Å². The van der Waals surface area contributed by atoms with Crippen LogP contribution in [0.3, 0.4) is 0 Å². The highest BCUT2D eigenvalue weighted by molar-refractivity contribution is 7.90. The number of hydrogen-bond acceptors (Lipinski definition) is 10. The fraction of sp³-hybridized carbons (Fsp3) is 0.625. The highest BCUT2D eigenvalue weighted by atomic mass is 32.2. The number of rotatable bonds is 8. The van der Waals surface area contributed by atoms with Gasteiger partial charge in [-0.2, -0.15) is 0 Å². The third-order valence-electron chi connectivity index (χ3n) is 11.2. The molecule has 3 fully saturated rings. The zero-order valence-electron chi connectivity index (χ0n) is 31.6. The summed E-state index contributed by atoms with van der Waals surface area (Å²) in [5.74, 6) is -1.89. The molecule has 3 heterocycles. The van der Waals surface area contributed by atoms with Crippen molar-refractivity contribution < 1.29 is 41.8 Å². The quantitative estimate of drug-likeness (QED) is 0.269. The van der Waals surface area contributed by atoms with Crippen LogP contribution in [-0.4, -0.2) is 78.5 Å². The normalized spacial score (nSPS) is 30.3. The van der Waals surface area contributed by atoms with Crippen LogP contribution in [0, 0.1) is 29.1 Å². The van der Waals surface area contributed by atoms with E-state index in [9.17, 15) is 27.6 Å². The standard InChI is InChI=1S/C40H53N3O9S/c1-24-9-7-8-10-27-21-40(27,38(47)42-53(48,49)30-12-13-30)22-34(44)33-19-29(51-36-31-14-11-28(50-6)18-26(31)15-16-41-36)23-43(33)37(46)32(25(2)17-24)20-35(45)52-39(3,4)5/h8,10-11,14-16,18,24-25,27,29-30,32-33H,7,9,12-13,17,19-23H2,1-6H3,(H,42,47)/b10-8-/t24-,25-,27-,29-,32+,33+,40-/m1/s1. The van der Waals surface area contributed by atoms with Crippen molar-refractivity contribution in [2.75, 3.05) is 13.7 Å². The smallest absolute Gasteiger partial charge is 0.307 e. The molecule has 2 aromatic rings. The number of benzene rings is 1. The maximum absolute atomic E-state index is 14.8. The van der Waals surface area contributed by atoms with Crippen LogP contribution in [-0.2, 0) is 33.9 Å². The minimum absolute atomic E-state index is 0.0646. The summed E-state index contributed by atoms with van der Waals surface area (Å²) in [6.45, 7) is 9.50. The van der Waals surface area contributed by atoms with Crippen LogP contribution >= 0.6 is 0 Å². The molecule has 1 saturated heterocycles. The van der Waals surface area contributed by atoms with Crippen LogP contribution in [0.25, 0.3) is 10.8 Å². The van der Waals surface area contributed by atoms with E-state index >= 15 is 0 Å². The molecule has 4 aliphatic rings. The lowest BCUT2D eigenvalue weighted by Crippen LogP contribution is -2.47. The Balaban J connectivity index is 1.34. The number of fused-ring (bicyclic) bond motifs is 3. The van der Waals surface area contributed by atoms with E-state index in [0.717, 1.165) is 23.6 Å². The molecule has 6 rings (SSSR count). The maximum Gasteiger partial charge on any atom is 0.307 e. The molecule has 2 aliphatic heterocycles. The van der Waals surface area contributed by atoms with E-state index in [-0.39, 0.29) is 55.3 Å². The molecule has 288 valence electrons. The average Bonchev–Trinajstić information content (AvgIpc) is 4.01. The van der Waals surface area contributed by atoms with E-state index in [1.807, 2.05) is 37.3 Å². The number of amides is 2. The molecule has 13 heteroatoms. The second-order valence-corrected chi connectivity index (χ2v) is 18.7. The number of sulfonamides is 1. The first-order valence-corrected chi connectivity index (χ1v) is 20.4. The zero-order valence-corrected chi connectivity index (χ0v) is 32.4. The second-order valence-electron chi connectivity index (χ2n) is 16.7. The number of carbonyl (C=O) groups excluding carboxylic acids is 4. The molecule has 0 bridgehead atoms. The van der Waals surface area contributed by atoms with Gasteiger partial charge in [0.15, 0.2) is 5.78 Å². The molecule has 0 radical (unpaired) electrons. The number of pyridine rings is 1. The lowest BCUT2D eigenvalue weighted by Gasteiger charge is -2.32. The number of ketones is 1. The van der Waals surface area contributed by atoms with Gasteiger partial charge in [-0.15, -0.1) is 0 Å². The first-order valence-electron chi connectivity index (χ1n) is 18.9. The van der Waals surface area contributed by atoms with Gasteiger partial charge in [-0.1, -0.05) is 26.0 Å². The fourth-order valence-electron chi connectivity index (χ4n) is 8.06. The largest absolute Gasteiger partial charge is 0.497 e. The second kappa shape index (κ2) is 15.0. The van der Waals surface area contributed by atoms with Crippen molar-refractivity contribution in [3.05, 3.63) is 42.6 Å². The molecule has 0 spiro atoms. The van der Waals surface area contributed by atoms with Gasteiger partial charge in [0.05, 0.1) is 42.7 Å². The van der Waals surface area contributed by atoms with E-state index < -0.39 is 56.2 Å². The van der Waals surface area contributed by atoms with Crippen molar-refractivity contribution >= 4 is 44.4 Å². The Hall–Kier alpha value is -4.00. The number of nitrogens with one attached hydrogen (secondary N) is 1. The van der Waals surface area contributed by atoms with Crippen molar-refractivity contribution in [2.24, 2.45) is 29.1 Å². The number of aromatic nitrogens is 1. The number of hydrogen-bond donors (Lipinski definition) is 1. The van der Waals surface area contributed by atoms with E-state index in [0.29, 0.717) is 37.3 Å². The molecular weight excluding hydrogens is 699 g/mol. The van der Waals surface area contributed by atoms with Crippen LogP contribution < -0.4 is 14.2 Å². The highest BCUT2D eigenvalue weighted by Gasteiger charge is 2.61. The lowest BCUT2D eigenvalue weighted by atomic mass is 9.82. The number of allylic oxidation sites excluding steroid dienone is 2. The van der Waals surface area contributed by atoms with Gasteiger partial charge in [0.1, 0.15) is 17.5 Å². The number of esters is 1. The third kappa shape index (κ3) is 8.87. The number of Topliss-reactive ketones (excluding diaryl/α,β-unsaturated/α-hetero) is 1. The predicted octanol–water partition coefficient (Wildman–Crippen LogP) is 5.53. The van der Waals surface area contributed by atoms with Crippen molar-refractivity contribution in [3.63, 3.8) is 0 Å². The Morgan fingerprint density at radius 3 is 2.53 bits per heavy atom. The molecule has 7 atom stereocenters. The van der Waals surface area contributed by atoms with Crippen molar-refractivity contribution in [1.29, 1.82) is 0 Å². The van der Waals surface area contributed by atoms with Gasteiger partial charge in [0.25, 0.3) is 0 Å². The van der Waals surface area contributed by atoms with E-state index in [1.54, 1.807) is 40.1 Å². The Morgan fingerprint density at radius 2 is 1.83 bits per heavy atom. The summed E-state index contributed by atoms with van der Waals surface area (Å²) in [6.07, 6.45) is 8.28. The first kappa shape index (κ1) is 38.7. The zero-order chi connectivity index (χ0) is 38.3. The lowest BCUT2D eigenvalue weighted by molar-refractivity contribution is -0.160. The molecule has 2 aliphatic carbocycles. The van der Waals surface area contributed by atoms with Gasteiger partial charge in [-0.25, -0.2) is 13.4 Å². The predicted molar refractivity (Wildman–Crippen MR) is 198 cm³/mol. The molecule has 12 nitrogen and oxygen atoms in total. The summed E-state index contributed by atoms with van der Waals surface area (Å²) < 4.78 is 45.6. The van der Waals surface area contributed by atoms with E-state index in [1.165, 1.54) is 4.90 Å². The first-order chi connectivity index (χ1) is 25.0. The summed E-state index contributed by atoms with van der Waals surface area (Å²) >= 11 is 0. The topological polar surface area (TPSA) is 158 Å². The molecule has 0 unspecified atom stereocenters. The molecule has 2 saturated carbocycles. The van der Waals surface area contributed by atoms with Gasteiger partial charge in [-0.05, 0) is 107 Å². The minimum Gasteiger partial charge on any atom is -0.497 e. The summed E-state index contributed by atoms with van der Waals surface area (Å²) in [5, 5.41) is 0.987. The number of nitrogens with zero attached hydrogens (tertiary/aromatic N) is 2. The monoisotopic (exact) mass is 751 g/mol. The summed E-state index contributed by atoms with van der Waals surface area (Å²) in [7, 11) is -2.26.